The minimum Gasteiger partial charge on any atom is -0.462 e. The predicted molar refractivity (Wildman–Crippen MR) is 181 cm³/mol. The van der Waals surface area contributed by atoms with Crippen molar-refractivity contribution in [3.05, 3.63) is 23.8 Å². The summed E-state index contributed by atoms with van der Waals surface area (Å²) < 4.78 is 29.7. The number of ketones is 1. The summed E-state index contributed by atoms with van der Waals surface area (Å²) in [5.74, 6) is -2.81. The smallest absolute Gasteiger partial charge is 0.308 e. The van der Waals surface area contributed by atoms with Crippen LogP contribution >= 0.6 is 0 Å². The summed E-state index contributed by atoms with van der Waals surface area (Å²) in [7, 11) is 3.47. The lowest BCUT2D eigenvalue weighted by Crippen LogP contribution is -2.63. The molecule has 0 aromatic carbocycles. The number of likely N-dealkylation sites (N-methyl/N-ethyl adjacent to an activating group) is 1. The van der Waals surface area contributed by atoms with E-state index in [9.17, 15) is 40.2 Å². The van der Waals surface area contributed by atoms with Gasteiger partial charge in [-0.05, 0) is 59.7 Å². The maximum Gasteiger partial charge on any atom is 0.308 e. The quantitative estimate of drug-likeness (QED) is 0.201. The molecule has 3 rings (SSSR count). The lowest BCUT2D eigenvalue weighted by Gasteiger charge is -2.46. The van der Waals surface area contributed by atoms with Gasteiger partial charge in [0.05, 0.1) is 49.6 Å². The van der Waals surface area contributed by atoms with Crippen LogP contribution in [0.5, 0.6) is 0 Å². The Labute approximate surface area is 296 Å². The Morgan fingerprint density at radius 2 is 1.46 bits per heavy atom. The molecule has 0 spiro atoms. The maximum absolute atomic E-state index is 13.4. The summed E-state index contributed by atoms with van der Waals surface area (Å²) in [5, 5.41) is 64.1. The van der Waals surface area contributed by atoms with Crippen LogP contribution in [0.4, 0.5) is 0 Å². The topological polar surface area (TPSA) is 205 Å². The molecule has 14 nitrogen and oxygen atoms in total. The number of nitrogens with zero attached hydrogens (tertiary/aromatic N) is 1. The second-order valence-corrected chi connectivity index (χ2v) is 14.8. The first-order valence-corrected chi connectivity index (χ1v) is 17.8. The van der Waals surface area contributed by atoms with Gasteiger partial charge in [-0.15, -0.1) is 0 Å². The first kappa shape index (κ1) is 42.6. The molecule has 0 saturated carbocycles. The lowest BCUT2D eigenvalue weighted by atomic mass is 9.82. The monoisotopic (exact) mass is 715 g/mol. The van der Waals surface area contributed by atoms with Crippen LogP contribution in [0.25, 0.3) is 0 Å². The largest absolute Gasteiger partial charge is 0.462 e. The van der Waals surface area contributed by atoms with Gasteiger partial charge in [0, 0.05) is 17.8 Å². The molecule has 0 aromatic heterocycles. The van der Waals surface area contributed by atoms with Crippen LogP contribution in [0.3, 0.4) is 0 Å². The van der Waals surface area contributed by atoms with Crippen molar-refractivity contribution < 1.29 is 63.9 Å². The zero-order valence-corrected chi connectivity index (χ0v) is 30.9. The van der Waals surface area contributed by atoms with E-state index in [1.165, 1.54) is 6.08 Å². The van der Waals surface area contributed by atoms with Crippen LogP contribution in [-0.4, -0.2) is 148 Å². The van der Waals surface area contributed by atoms with Gasteiger partial charge in [0.1, 0.15) is 30.5 Å². The molecule has 3 aliphatic heterocycles. The van der Waals surface area contributed by atoms with E-state index in [1.807, 2.05) is 13.8 Å². The number of esters is 1. The van der Waals surface area contributed by atoms with Crippen molar-refractivity contribution in [2.24, 2.45) is 23.7 Å². The van der Waals surface area contributed by atoms with E-state index in [1.54, 1.807) is 65.8 Å². The third kappa shape index (κ3) is 10.6. The summed E-state index contributed by atoms with van der Waals surface area (Å²) in [4.78, 5) is 28.4. The van der Waals surface area contributed by atoms with Crippen LogP contribution in [0.15, 0.2) is 23.8 Å². The number of carbonyl (C=O) groups excluding carboxylic acids is 2. The van der Waals surface area contributed by atoms with Crippen molar-refractivity contribution in [3.8, 4) is 0 Å². The molecule has 0 amide bonds. The van der Waals surface area contributed by atoms with Gasteiger partial charge in [0.2, 0.25) is 0 Å². The Hall–Kier alpha value is -1.82. The highest BCUT2D eigenvalue weighted by molar-refractivity contribution is 5.91. The van der Waals surface area contributed by atoms with Crippen molar-refractivity contribution >= 4 is 11.8 Å². The maximum atomic E-state index is 13.4. The Balaban J connectivity index is 1.89. The molecule has 0 aromatic rings. The van der Waals surface area contributed by atoms with Gasteiger partial charge in [-0.25, -0.2) is 0 Å². The molecule has 10 unspecified atom stereocenters. The van der Waals surface area contributed by atoms with Crippen LogP contribution in [0.1, 0.15) is 67.7 Å². The molecular formula is C36H61NO13. The van der Waals surface area contributed by atoms with Crippen molar-refractivity contribution in [1.29, 1.82) is 0 Å². The van der Waals surface area contributed by atoms with Gasteiger partial charge in [-0.2, -0.15) is 0 Å². The van der Waals surface area contributed by atoms with Gasteiger partial charge >= 0.3 is 5.97 Å². The fraction of sp³-hybridized carbons (Fsp3) is 0.833. The number of cyclic esters (lactones) is 1. The number of rotatable bonds is 7. The van der Waals surface area contributed by atoms with Crippen molar-refractivity contribution in [3.63, 3.8) is 0 Å². The Morgan fingerprint density at radius 1 is 0.840 bits per heavy atom. The van der Waals surface area contributed by atoms with Crippen molar-refractivity contribution in [1.82, 2.24) is 4.90 Å². The molecule has 6 N–H and O–H groups in total. The molecule has 14 heteroatoms. The third-order valence-electron chi connectivity index (χ3n) is 10.4. The highest BCUT2D eigenvalue weighted by Crippen LogP contribution is 2.33. The Bertz CT molecular complexity index is 1160. The van der Waals surface area contributed by atoms with Gasteiger partial charge in [-0.3, -0.25) is 9.59 Å². The average molecular weight is 716 g/mol. The molecule has 3 aliphatic rings. The molecule has 3 heterocycles. The molecule has 2 fully saturated rings. The molecule has 50 heavy (non-hydrogen) atoms. The summed E-state index contributed by atoms with van der Waals surface area (Å²) >= 11 is 0. The minimum absolute atomic E-state index is 0.101. The van der Waals surface area contributed by atoms with E-state index in [4.69, 9.17) is 23.7 Å². The first-order valence-electron chi connectivity index (χ1n) is 17.8. The summed E-state index contributed by atoms with van der Waals surface area (Å²) in [6.45, 7) is 12.2. The average Bonchev–Trinajstić information content (AvgIpc) is 3.05. The normalized spacial score (nSPS) is 46.2. The lowest BCUT2D eigenvalue weighted by molar-refractivity contribution is -0.303. The van der Waals surface area contributed by atoms with E-state index in [-0.39, 0.29) is 24.7 Å². The van der Waals surface area contributed by atoms with Crippen molar-refractivity contribution in [2.75, 3.05) is 20.7 Å². The summed E-state index contributed by atoms with van der Waals surface area (Å²) in [6.07, 6.45) is -7.79. The second kappa shape index (κ2) is 18.8. The number of aliphatic hydroxyl groups excluding tert-OH is 6. The predicted octanol–water partition coefficient (Wildman–Crippen LogP) is 0.685. The molecule has 2 saturated heterocycles. The molecule has 0 bridgehead atoms. The van der Waals surface area contributed by atoms with E-state index in [0.29, 0.717) is 18.4 Å². The Kier molecular flexibility index (Phi) is 16.0. The number of allylic oxidation sites excluding steroid dienone is 3. The van der Waals surface area contributed by atoms with Gasteiger partial charge < -0.3 is 59.2 Å². The zero-order valence-electron chi connectivity index (χ0n) is 30.9. The van der Waals surface area contributed by atoms with Gasteiger partial charge in [-0.1, -0.05) is 45.4 Å². The van der Waals surface area contributed by atoms with Gasteiger partial charge in [0.25, 0.3) is 0 Å². The molecule has 288 valence electrons. The van der Waals surface area contributed by atoms with Gasteiger partial charge in [0.15, 0.2) is 18.4 Å². The summed E-state index contributed by atoms with van der Waals surface area (Å²) in [6, 6.07) is -0.682. The highest BCUT2D eigenvalue weighted by Gasteiger charge is 2.47. The number of ether oxygens (including phenoxy) is 5. The van der Waals surface area contributed by atoms with E-state index in [2.05, 4.69) is 0 Å². The SMILES string of the molecule is CC[C@H]1OC(=O)C[C@@H](O)[C@H](C)[C@@H](OC2OC(C)C(O)C(N(C)C)C2O)[C@@H](C)C[C@@H](C)C(=O)/C=C/C(C)=C/[C@@H]1COC1OC(C)C(O)C(O)C1O. The van der Waals surface area contributed by atoms with Crippen LogP contribution in [0.2, 0.25) is 0 Å². The van der Waals surface area contributed by atoms with E-state index >= 15 is 0 Å². The van der Waals surface area contributed by atoms with Crippen LogP contribution in [0, 0.1) is 23.7 Å². The molecule has 17 atom stereocenters. The second-order valence-electron chi connectivity index (χ2n) is 14.8. The van der Waals surface area contributed by atoms with Crippen LogP contribution < -0.4 is 0 Å². The highest BCUT2D eigenvalue weighted by atomic mass is 16.7. The van der Waals surface area contributed by atoms with Crippen molar-refractivity contribution in [2.45, 2.75) is 147 Å². The molecule has 0 aliphatic carbocycles. The Morgan fingerprint density at radius 3 is 2.08 bits per heavy atom. The third-order valence-corrected chi connectivity index (χ3v) is 10.4. The van der Waals surface area contributed by atoms with Crippen LogP contribution in [-0.2, 0) is 33.3 Å². The standard InChI is InChI=1S/C36H61NO13/c1-10-26-23(16-46-35-33(45)32(44)30(42)22(7)47-35)13-17(2)11-12-24(38)18(3)14-19(4)34(20(5)25(39)15-27(40)49-26)50-36-31(43)28(37(8)9)29(41)21(6)48-36/h11-13,18-23,25-26,28-36,39,41-45H,10,14-16H2,1-9H3/b12-11+,17-13+/t18-,19+,20+,21?,22?,23-,25-,26-,28?,29?,30?,31?,32?,33?,34+,35?,36?/m1/s1. The number of hydrogen-bond acceptors (Lipinski definition) is 14. The molecule has 0 radical (unpaired) electrons. The zero-order chi connectivity index (χ0) is 37.6. The minimum atomic E-state index is -1.52. The fourth-order valence-corrected chi connectivity index (χ4v) is 7.13. The summed E-state index contributed by atoms with van der Waals surface area (Å²) in [5.41, 5.74) is 0.688. The van der Waals surface area contributed by atoms with E-state index in [0.717, 1.165) is 0 Å². The number of hydrogen-bond donors (Lipinski definition) is 6. The first-order chi connectivity index (χ1) is 23.4. The van der Waals surface area contributed by atoms with E-state index < -0.39 is 103 Å². The fourth-order valence-electron chi connectivity index (χ4n) is 7.13. The molecular weight excluding hydrogens is 654 g/mol. The number of aliphatic hydroxyl groups is 6. The number of carbonyl (C=O) groups is 2.